The molecule has 0 radical (unpaired) electrons. The number of hydrogen-bond donors (Lipinski definition) is 3. The van der Waals surface area contributed by atoms with E-state index in [-0.39, 0.29) is 9.90 Å². The van der Waals surface area contributed by atoms with E-state index in [0.29, 0.717) is 16.9 Å². The van der Waals surface area contributed by atoms with Crippen molar-refractivity contribution in [1.29, 1.82) is 0 Å². The fraction of sp³-hybridized carbons (Fsp3) is 0.167. The molecule has 7 nitrogen and oxygen atoms in total. The van der Waals surface area contributed by atoms with Gasteiger partial charge in [0.05, 0.1) is 0 Å². The van der Waals surface area contributed by atoms with E-state index in [1.165, 1.54) is 19.1 Å². The lowest BCUT2D eigenvalue weighted by molar-refractivity contribution is -0.139. The zero-order valence-electron chi connectivity index (χ0n) is 10.9. The normalized spacial score (nSPS) is 13.0. The lowest BCUT2D eigenvalue weighted by Crippen LogP contribution is -2.33. The average Bonchev–Trinajstić information content (AvgIpc) is 2.77. The van der Waals surface area contributed by atoms with Crippen molar-refractivity contribution in [3.8, 4) is 0 Å². The Balaban J connectivity index is 2.40. The molecule has 0 bridgehead atoms. The number of aromatic amines is 1. The molecule has 0 saturated carbocycles. The maximum atomic E-state index is 12.2. The lowest BCUT2D eigenvalue weighted by atomic mass is 10.1. The fourth-order valence-electron chi connectivity index (χ4n) is 1.76. The van der Waals surface area contributed by atoms with Crippen LogP contribution in [0.2, 0.25) is 0 Å². The summed E-state index contributed by atoms with van der Waals surface area (Å²) in [4.78, 5) is 24.3. The van der Waals surface area contributed by atoms with Gasteiger partial charge in [0.25, 0.3) is 10.0 Å². The van der Waals surface area contributed by atoms with Crippen LogP contribution in [0.3, 0.4) is 0 Å². The molecule has 0 spiro atoms. The Morgan fingerprint density at radius 1 is 1.33 bits per heavy atom. The summed E-state index contributed by atoms with van der Waals surface area (Å²) in [5.41, 5.74) is 0.476. The van der Waals surface area contributed by atoms with Crippen LogP contribution in [0.1, 0.15) is 17.3 Å². The number of aliphatic carboxylic acids is 1. The molecule has 9 heteroatoms. The summed E-state index contributed by atoms with van der Waals surface area (Å²) in [6.07, 6.45) is 0. The highest BCUT2D eigenvalue weighted by atomic mass is 32.2. The zero-order valence-corrected chi connectivity index (χ0v) is 12.5. The second kappa shape index (κ2) is 5.80. The minimum absolute atomic E-state index is 0.176. The number of carboxylic acids is 1. The number of aromatic nitrogens is 1. The van der Waals surface area contributed by atoms with Gasteiger partial charge >= 0.3 is 10.8 Å². The van der Waals surface area contributed by atoms with Gasteiger partial charge in [0, 0.05) is 5.69 Å². The van der Waals surface area contributed by atoms with E-state index >= 15 is 0 Å². The molecular formula is C12H12N2O5S2. The third-order valence-electron chi connectivity index (χ3n) is 2.68. The topological polar surface area (TPSA) is 116 Å². The molecule has 1 unspecified atom stereocenters. The standard InChI is InChI=1S/C12H12N2O5S2/c1-7-11(20-12(17)13-7)21(18,19)14-9(10(15)16)8-5-3-2-4-6-8/h2-6,9,14H,1H3,(H,13,17)(H,15,16). The Morgan fingerprint density at radius 3 is 2.43 bits per heavy atom. The molecule has 0 aliphatic carbocycles. The number of rotatable bonds is 5. The summed E-state index contributed by atoms with van der Waals surface area (Å²) in [5, 5.41) is 9.22. The third kappa shape index (κ3) is 3.38. The maximum Gasteiger partial charge on any atom is 0.326 e. The molecule has 1 heterocycles. The molecule has 0 amide bonds. The molecule has 0 aliphatic heterocycles. The monoisotopic (exact) mass is 328 g/mol. The van der Waals surface area contributed by atoms with Crippen molar-refractivity contribution in [2.24, 2.45) is 0 Å². The number of nitrogens with one attached hydrogen (secondary N) is 2. The Kier molecular flexibility index (Phi) is 4.26. The number of sulfonamides is 1. The summed E-state index contributed by atoms with van der Waals surface area (Å²) in [5.74, 6) is -1.33. The summed E-state index contributed by atoms with van der Waals surface area (Å²) in [6.45, 7) is 1.44. The van der Waals surface area contributed by atoms with Crippen molar-refractivity contribution < 1.29 is 18.3 Å². The summed E-state index contributed by atoms with van der Waals surface area (Å²) in [6, 6.07) is 6.51. The second-order valence-electron chi connectivity index (χ2n) is 4.23. The zero-order chi connectivity index (χ0) is 15.6. The predicted molar refractivity (Wildman–Crippen MR) is 76.8 cm³/mol. The molecule has 0 aliphatic rings. The molecule has 0 saturated heterocycles. The van der Waals surface area contributed by atoms with Gasteiger partial charge in [0.15, 0.2) is 4.21 Å². The fourth-order valence-corrected chi connectivity index (χ4v) is 4.26. The van der Waals surface area contributed by atoms with E-state index in [1.54, 1.807) is 18.2 Å². The first-order chi connectivity index (χ1) is 9.81. The average molecular weight is 328 g/mol. The van der Waals surface area contributed by atoms with Crippen molar-refractivity contribution in [3.05, 3.63) is 51.3 Å². The Labute approximate surface area is 124 Å². The molecule has 2 rings (SSSR count). The van der Waals surface area contributed by atoms with Gasteiger partial charge < -0.3 is 10.1 Å². The highest BCUT2D eigenvalue weighted by Gasteiger charge is 2.29. The molecule has 21 heavy (non-hydrogen) atoms. The second-order valence-corrected chi connectivity index (χ2v) is 7.12. The van der Waals surface area contributed by atoms with Crippen LogP contribution in [0.25, 0.3) is 0 Å². The molecule has 1 atom stereocenters. The Bertz CT molecular complexity index is 808. The van der Waals surface area contributed by atoms with Crippen molar-refractivity contribution in [2.45, 2.75) is 17.2 Å². The van der Waals surface area contributed by atoms with Crippen LogP contribution < -0.4 is 9.60 Å². The molecule has 3 N–H and O–H groups in total. The first-order valence-electron chi connectivity index (χ1n) is 5.81. The maximum absolute atomic E-state index is 12.2. The van der Waals surface area contributed by atoms with Gasteiger partial charge in [-0.15, -0.1) is 0 Å². The Hall–Kier alpha value is -1.97. The summed E-state index contributed by atoms with van der Waals surface area (Å²) < 4.78 is 26.4. The van der Waals surface area contributed by atoms with Gasteiger partial charge in [-0.3, -0.25) is 9.59 Å². The highest BCUT2D eigenvalue weighted by Crippen LogP contribution is 2.20. The highest BCUT2D eigenvalue weighted by molar-refractivity contribution is 7.91. The number of thiazole rings is 1. The third-order valence-corrected chi connectivity index (χ3v) is 5.71. The van der Waals surface area contributed by atoms with Gasteiger partial charge in [0.2, 0.25) is 0 Å². The minimum atomic E-state index is -4.11. The number of carbonyl (C=O) groups is 1. The van der Waals surface area contributed by atoms with Crippen LogP contribution in [0.4, 0.5) is 0 Å². The van der Waals surface area contributed by atoms with Crippen LogP contribution in [0.15, 0.2) is 39.3 Å². The van der Waals surface area contributed by atoms with Crippen molar-refractivity contribution >= 4 is 27.3 Å². The van der Waals surface area contributed by atoms with Gasteiger partial charge in [-0.2, -0.15) is 4.72 Å². The SMILES string of the molecule is Cc1[nH]c(=O)sc1S(=O)(=O)NC(C(=O)O)c1ccccc1. The van der Waals surface area contributed by atoms with Crippen molar-refractivity contribution in [1.82, 2.24) is 9.71 Å². The molecular weight excluding hydrogens is 316 g/mol. The minimum Gasteiger partial charge on any atom is -0.480 e. The van der Waals surface area contributed by atoms with Crippen LogP contribution in [-0.4, -0.2) is 24.5 Å². The molecule has 2 aromatic rings. The number of benzene rings is 1. The smallest absolute Gasteiger partial charge is 0.326 e. The number of hydrogen-bond acceptors (Lipinski definition) is 5. The summed E-state index contributed by atoms with van der Waals surface area (Å²) in [7, 11) is -4.11. The van der Waals surface area contributed by atoms with E-state index in [4.69, 9.17) is 0 Å². The van der Waals surface area contributed by atoms with Crippen molar-refractivity contribution in [3.63, 3.8) is 0 Å². The largest absolute Gasteiger partial charge is 0.480 e. The first kappa shape index (κ1) is 15.4. The first-order valence-corrected chi connectivity index (χ1v) is 8.11. The number of aryl methyl sites for hydroxylation is 1. The summed E-state index contributed by atoms with van der Waals surface area (Å²) >= 11 is 0.516. The predicted octanol–water partition coefficient (Wildman–Crippen LogP) is 0.849. The Morgan fingerprint density at radius 2 is 1.95 bits per heavy atom. The number of carboxylic acid groups (broad SMARTS) is 1. The molecule has 112 valence electrons. The number of H-pyrrole nitrogens is 1. The molecule has 1 aromatic carbocycles. The quantitative estimate of drug-likeness (QED) is 0.752. The van der Waals surface area contributed by atoms with Crippen LogP contribution in [0, 0.1) is 6.92 Å². The van der Waals surface area contributed by atoms with E-state index in [1.807, 2.05) is 0 Å². The van der Waals surface area contributed by atoms with E-state index in [2.05, 4.69) is 9.71 Å². The van der Waals surface area contributed by atoms with Crippen LogP contribution >= 0.6 is 11.3 Å². The van der Waals surface area contributed by atoms with Gasteiger partial charge in [-0.1, -0.05) is 41.7 Å². The molecule has 1 aromatic heterocycles. The van der Waals surface area contributed by atoms with Gasteiger partial charge in [-0.05, 0) is 12.5 Å². The van der Waals surface area contributed by atoms with Gasteiger partial charge in [0.1, 0.15) is 6.04 Å². The molecule has 0 fully saturated rings. The van der Waals surface area contributed by atoms with Gasteiger partial charge in [-0.25, -0.2) is 8.42 Å². The van der Waals surface area contributed by atoms with E-state index in [9.17, 15) is 23.1 Å². The van der Waals surface area contributed by atoms with Crippen LogP contribution in [0.5, 0.6) is 0 Å². The van der Waals surface area contributed by atoms with E-state index < -0.39 is 26.9 Å². The van der Waals surface area contributed by atoms with Crippen LogP contribution in [-0.2, 0) is 14.8 Å². The van der Waals surface area contributed by atoms with Crippen molar-refractivity contribution in [2.75, 3.05) is 0 Å². The lowest BCUT2D eigenvalue weighted by Gasteiger charge is -2.14. The van der Waals surface area contributed by atoms with E-state index in [0.717, 1.165) is 0 Å².